The Kier molecular flexibility index (Phi) is 3.84. The normalized spacial score (nSPS) is 16.8. The summed E-state index contributed by atoms with van der Waals surface area (Å²) in [5.74, 6) is -0.140. The maximum absolute atomic E-state index is 12.6. The molecule has 108 valence electrons. The van der Waals surface area contributed by atoms with Gasteiger partial charge in [-0.2, -0.15) is 0 Å². The van der Waals surface area contributed by atoms with E-state index >= 15 is 0 Å². The fraction of sp³-hybridized carbons (Fsp3) is 0.235. The van der Waals surface area contributed by atoms with E-state index in [4.69, 9.17) is 11.6 Å². The molecule has 2 N–H and O–H groups in total. The maximum Gasteiger partial charge on any atom is 0.232 e. The summed E-state index contributed by atoms with van der Waals surface area (Å²) in [4.78, 5) is 12.6. The lowest BCUT2D eigenvalue weighted by Crippen LogP contribution is -2.27. The molecule has 0 saturated heterocycles. The minimum absolute atomic E-state index is 0.000139. The number of para-hydroxylation sites is 2. The number of benzene rings is 2. The number of carbonyl (C=O) groups excluding carboxylic acids is 1. The number of halogens is 1. The zero-order valence-electron chi connectivity index (χ0n) is 11.8. The largest absolute Gasteiger partial charge is 0.385 e. The highest BCUT2D eigenvalue weighted by molar-refractivity contribution is 6.34. The highest BCUT2D eigenvalue weighted by atomic mass is 35.5. The predicted molar refractivity (Wildman–Crippen MR) is 87.1 cm³/mol. The number of nitrogens with one attached hydrogen (secondary N) is 2. The summed E-state index contributed by atoms with van der Waals surface area (Å²) in [5, 5.41) is 6.89. The van der Waals surface area contributed by atoms with E-state index in [9.17, 15) is 4.79 Å². The molecule has 1 aliphatic heterocycles. The van der Waals surface area contributed by atoms with Crippen LogP contribution in [0.3, 0.4) is 0 Å². The summed E-state index contributed by atoms with van der Waals surface area (Å²) in [6.45, 7) is 2.74. The van der Waals surface area contributed by atoms with Crippen molar-refractivity contribution in [2.75, 3.05) is 17.2 Å². The first-order valence-electron chi connectivity index (χ1n) is 7.05. The molecule has 1 amide bonds. The van der Waals surface area contributed by atoms with Crippen LogP contribution in [-0.4, -0.2) is 12.5 Å². The molecule has 1 atom stereocenters. The molecule has 4 heteroatoms. The summed E-state index contributed by atoms with van der Waals surface area (Å²) < 4.78 is 0. The van der Waals surface area contributed by atoms with Gasteiger partial charge in [0.1, 0.15) is 0 Å². The molecular formula is C17H17ClN2O. The molecular weight excluding hydrogens is 284 g/mol. The van der Waals surface area contributed by atoms with Crippen LogP contribution in [0.15, 0.2) is 42.5 Å². The maximum atomic E-state index is 12.6. The number of anilines is 2. The minimum atomic E-state index is -0.141. The molecule has 0 aliphatic carbocycles. The lowest BCUT2D eigenvalue weighted by atomic mass is 9.90. The molecule has 0 spiro atoms. The zero-order chi connectivity index (χ0) is 14.8. The minimum Gasteiger partial charge on any atom is -0.385 e. The average molecular weight is 301 g/mol. The van der Waals surface area contributed by atoms with E-state index in [2.05, 4.69) is 10.6 Å². The van der Waals surface area contributed by atoms with Crippen molar-refractivity contribution < 1.29 is 4.79 Å². The monoisotopic (exact) mass is 300 g/mol. The van der Waals surface area contributed by atoms with Gasteiger partial charge in [-0.05, 0) is 36.6 Å². The Bertz CT molecular complexity index is 664. The molecule has 1 unspecified atom stereocenters. The van der Waals surface area contributed by atoms with Gasteiger partial charge in [0.2, 0.25) is 5.91 Å². The van der Waals surface area contributed by atoms with Gasteiger partial charge in [0.25, 0.3) is 0 Å². The highest BCUT2D eigenvalue weighted by Gasteiger charge is 2.26. The second-order valence-electron chi connectivity index (χ2n) is 5.28. The third-order valence-electron chi connectivity index (χ3n) is 3.87. The molecule has 1 aliphatic rings. The van der Waals surface area contributed by atoms with Crippen molar-refractivity contribution in [3.05, 3.63) is 58.6 Å². The molecule has 0 radical (unpaired) electrons. The Balaban J connectivity index is 1.87. The first kappa shape index (κ1) is 14.0. The van der Waals surface area contributed by atoms with Gasteiger partial charge in [-0.3, -0.25) is 4.79 Å². The Hall–Kier alpha value is -2.00. The molecule has 2 aromatic carbocycles. The number of hydrogen-bond donors (Lipinski definition) is 2. The summed E-state index contributed by atoms with van der Waals surface area (Å²) in [6, 6.07) is 13.6. The van der Waals surface area contributed by atoms with E-state index in [-0.39, 0.29) is 11.8 Å². The SMILES string of the molecule is Cc1cccc(Cl)c1NC(=O)C1CCNc2ccccc21. The van der Waals surface area contributed by atoms with Crippen LogP contribution in [0.5, 0.6) is 0 Å². The molecule has 0 aromatic heterocycles. The smallest absolute Gasteiger partial charge is 0.232 e. The van der Waals surface area contributed by atoms with E-state index in [0.29, 0.717) is 10.7 Å². The van der Waals surface area contributed by atoms with Crippen LogP contribution < -0.4 is 10.6 Å². The molecule has 0 bridgehead atoms. The lowest BCUT2D eigenvalue weighted by molar-refractivity contribution is -0.117. The van der Waals surface area contributed by atoms with Crippen LogP contribution in [-0.2, 0) is 4.79 Å². The van der Waals surface area contributed by atoms with Crippen molar-refractivity contribution in [2.24, 2.45) is 0 Å². The predicted octanol–water partition coefficient (Wildman–Crippen LogP) is 4.19. The molecule has 3 rings (SSSR count). The first-order valence-corrected chi connectivity index (χ1v) is 7.43. The van der Waals surface area contributed by atoms with Gasteiger partial charge in [-0.15, -0.1) is 0 Å². The Morgan fingerprint density at radius 3 is 2.86 bits per heavy atom. The van der Waals surface area contributed by atoms with Crippen LogP contribution in [0.2, 0.25) is 5.02 Å². The van der Waals surface area contributed by atoms with Crippen molar-refractivity contribution in [3.8, 4) is 0 Å². The number of fused-ring (bicyclic) bond motifs is 1. The summed E-state index contributed by atoms with van der Waals surface area (Å²) >= 11 is 6.19. The highest BCUT2D eigenvalue weighted by Crippen LogP contribution is 2.33. The van der Waals surface area contributed by atoms with Gasteiger partial charge in [0.05, 0.1) is 16.6 Å². The van der Waals surface area contributed by atoms with Crippen molar-refractivity contribution in [1.29, 1.82) is 0 Å². The van der Waals surface area contributed by atoms with Gasteiger partial charge in [0.15, 0.2) is 0 Å². The fourth-order valence-corrected chi connectivity index (χ4v) is 3.01. The van der Waals surface area contributed by atoms with Gasteiger partial charge >= 0.3 is 0 Å². The van der Waals surface area contributed by atoms with Gasteiger partial charge < -0.3 is 10.6 Å². The van der Waals surface area contributed by atoms with Gasteiger partial charge in [-0.25, -0.2) is 0 Å². The quantitative estimate of drug-likeness (QED) is 0.873. The van der Waals surface area contributed by atoms with Crippen LogP contribution in [0.4, 0.5) is 11.4 Å². The van der Waals surface area contributed by atoms with E-state index in [1.807, 2.05) is 43.3 Å². The number of carbonyl (C=O) groups is 1. The van der Waals surface area contributed by atoms with Crippen molar-refractivity contribution >= 4 is 28.9 Å². The topological polar surface area (TPSA) is 41.1 Å². The standard InChI is InChI=1S/C17H17ClN2O/c1-11-5-4-7-14(18)16(11)20-17(21)13-9-10-19-15-8-3-2-6-12(13)15/h2-8,13,19H,9-10H2,1H3,(H,20,21). The third kappa shape index (κ3) is 2.74. The van der Waals surface area contributed by atoms with E-state index in [1.165, 1.54) is 0 Å². The van der Waals surface area contributed by atoms with Crippen molar-refractivity contribution in [3.63, 3.8) is 0 Å². The van der Waals surface area contributed by atoms with Gasteiger partial charge in [0, 0.05) is 12.2 Å². The molecule has 2 aromatic rings. The molecule has 0 fully saturated rings. The van der Waals surface area contributed by atoms with E-state index in [1.54, 1.807) is 6.07 Å². The molecule has 21 heavy (non-hydrogen) atoms. The Labute approximate surface area is 129 Å². The van der Waals surface area contributed by atoms with Gasteiger partial charge in [-0.1, -0.05) is 41.9 Å². The average Bonchev–Trinajstić information content (AvgIpc) is 2.50. The number of rotatable bonds is 2. The van der Waals surface area contributed by atoms with Crippen LogP contribution in [0.25, 0.3) is 0 Å². The summed E-state index contributed by atoms with van der Waals surface area (Å²) in [7, 11) is 0. The van der Waals surface area contributed by atoms with Crippen LogP contribution >= 0.6 is 11.6 Å². The number of hydrogen-bond acceptors (Lipinski definition) is 2. The summed E-state index contributed by atoms with van der Waals surface area (Å²) in [5.41, 5.74) is 3.77. The zero-order valence-corrected chi connectivity index (χ0v) is 12.6. The molecule has 3 nitrogen and oxygen atoms in total. The fourth-order valence-electron chi connectivity index (χ4n) is 2.74. The molecule has 0 saturated carbocycles. The Morgan fingerprint density at radius 1 is 1.24 bits per heavy atom. The van der Waals surface area contributed by atoms with Crippen LogP contribution in [0.1, 0.15) is 23.5 Å². The molecule has 1 heterocycles. The second kappa shape index (κ2) is 5.78. The summed E-state index contributed by atoms with van der Waals surface area (Å²) in [6.07, 6.45) is 0.784. The number of amides is 1. The van der Waals surface area contributed by atoms with Crippen molar-refractivity contribution in [1.82, 2.24) is 0 Å². The lowest BCUT2D eigenvalue weighted by Gasteiger charge is -2.26. The van der Waals surface area contributed by atoms with E-state index < -0.39 is 0 Å². The van der Waals surface area contributed by atoms with Crippen molar-refractivity contribution in [2.45, 2.75) is 19.3 Å². The Morgan fingerprint density at radius 2 is 2.05 bits per heavy atom. The second-order valence-corrected chi connectivity index (χ2v) is 5.68. The third-order valence-corrected chi connectivity index (χ3v) is 4.19. The number of aryl methyl sites for hydroxylation is 1. The van der Waals surface area contributed by atoms with Crippen LogP contribution in [0, 0.1) is 6.92 Å². The first-order chi connectivity index (χ1) is 10.2. The van der Waals surface area contributed by atoms with E-state index in [0.717, 1.165) is 29.8 Å².